The second-order valence-corrected chi connectivity index (χ2v) is 4.88. The molecule has 0 aromatic heterocycles. The van der Waals surface area contributed by atoms with Crippen molar-refractivity contribution in [1.29, 1.82) is 0 Å². The smallest absolute Gasteiger partial charge is 0.139 e. The number of hydrogen-bond acceptors (Lipinski definition) is 3. The first-order chi connectivity index (χ1) is 9.36. The Hall–Kier alpha value is -2.42. The highest BCUT2D eigenvalue weighted by molar-refractivity contribution is 5.92. The molecule has 3 aliphatic rings. The zero-order chi connectivity index (χ0) is 12.8. The molecule has 2 heterocycles. The lowest BCUT2D eigenvalue weighted by Crippen LogP contribution is -2.43. The first-order valence-corrected chi connectivity index (χ1v) is 6.24. The van der Waals surface area contributed by atoms with Gasteiger partial charge in [-0.1, -0.05) is 36.4 Å². The molecule has 1 aromatic carbocycles. The third-order valence-corrected chi connectivity index (χ3v) is 4.00. The van der Waals surface area contributed by atoms with E-state index in [9.17, 15) is 0 Å². The fourth-order valence-electron chi connectivity index (χ4n) is 3.01. The summed E-state index contributed by atoms with van der Waals surface area (Å²) < 4.78 is 5.20. The van der Waals surface area contributed by atoms with Crippen molar-refractivity contribution in [1.82, 2.24) is 0 Å². The van der Waals surface area contributed by atoms with Gasteiger partial charge in [0.25, 0.3) is 0 Å². The summed E-state index contributed by atoms with van der Waals surface area (Å²) in [6.45, 7) is 0. The van der Waals surface area contributed by atoms with Crippen LogP contribution in [0, 0.1) is 5.41 Å². The van der Waals surface area contributed by atoms with E-state index in [-0.39, 0.29) is 5.41 Å². The molecule has 19 heavy (non-hydrogen) atoms. The Balaban J connectivity index is 2.04. The zero-order valence-corrected chi connectivity index (χ0v) is 10.2. The van der Waals surface area contributed by atoms with E-state index in [0.29, 0.717) is 0 Å². The van der Waals surface area contributed by atoms with Gasteiger partial charge in [0.15, 0.2) is 0 Å². The third-order valence-electron chi connectivity index (χ3n) is 4.00. The van der Waals surface area contributed by atoms with Crippen molar-refractivity contribution < 1.29 is 4.74 Å². The lowest BCUT2D eigenvalue weighted by atomic mass is 9.62. The molecular formula is C16H12N2O. The van der Waals surface area contributed by atoms with Crippen LogP contribution in [0.25, 0.3) is 6.08 Å². The number of fused-ring (bicyclic) bond motifs is 3. The SMILES string of the molecule is C1=CC2(C=CO1)C=Cc1ccccc1C21C=NC=N1. The van der Waals surface area contributed by atoms with Crippen molar-refractivity contribution in [2.45, 2.75) is 5.54 Å². The zero-order valence-electron chi connectivity index (χ0n) is 10.2. The topological polar surface area (TPSA) is 34.0 Å². The second-order valence-electron chi connectivity index (χ2n) is 4.88. The maximum atomic E-state index is 5.20. The molecule has 0 saturated heterocycles. The standard InChI is InChI=1S/C16H12N2O/c1-2-4-14-13(3-1)5-6-15(7-9-19-10-8-15)16(14)11-17-12-18-16/h1-12H. The Morgan fingerprint density at radius 1 is 1.00 bits per heavy atom. The van der Waals surface area contributed by atoms with Crippen LogP contribution in [0.3, 0.4) is 0 Å². The van der Waals surface area contributed by atoms with Gasteiger partial charge in [-0.3, -0.25) is 4.99 Å². The van der Waals surface area contributed by atoms with Crippen LogP contribution in [0.4, 0.5) is 0 Å². The van der Waals surface area contributed by atoms with Gasteiger partial charge in [0.05, 0.1) is 17.9 Å². The normalized spacial score (nSPS) is 28.0. The van der Waals surface area contributed by atoms with E-state index in [1.54, 1.807) is 18.9 Å². The van der Waals surface area contributed by atoms with E-state index in [1.807, 2.05) is 30.5 Å². The molecule has 2 aliphatic heterocycles. The molecule has 2 spiro atoms. The van der Waals surface area contributed by atoms with Crippen LogP contribution in [-0.2, 0) is 10.3 Å². The minimum Gasteiger partial charge on any atom is -0.473 e. The quantitative estimate of drug-likeness (QED) is 0.694. The molecule has 1 unspecified atom stereocenters. The first-order valence-electron chi connectivity index (χ1n) is 6.24. The minimum atomic E-state index is -0.491. The Kier molecular flexibility index (Phi) is 1.96. The average molecular weight is 248 g/mol. The van der Waals surface area contributed by atoms with E-state index in [2.05, 4.69) is 34.3 Å². The lowest BCUT2D eigenvalue weighted by Gasteiger charge is -2.43. The van der Waals surface area contributed by atoms with Crippen molar-refractivity contribution in [2.24, 2.45) is 15.4 Å². The maximum Gasteiger partial charge on any atom is 0.139 e. The fraction of sp³-hybridized carbons (Fsp3) is 0.125. The lowest BCUT2D eigenvalue weighted by molar-refractivity contribution is 0.332. The maximum absolute atomic E-state index is 5.20. The van der Waals surface area contributed by atoms with Crippen molar-refractivity contribution >= 4 is 18.6 Å². The highest BCUT2D eigenvalue weighted by Gasteiger charge is 2.51. The van der Waals surface area contributed by atoms with Crippen LogP contribution < -0.4 is 0 Å². The predicted molar refractivity (Wildman–Crippen MR) is 75.9 cm³/mol. The molecule has 0 bridgehead atoms. The van der Waals surface area contributed by atoms with Gasteiger partial charge in [-0.25, -0.2) is 4.99 Å². The number of hydrogen-bond donors (Lipinski definition) is 0. The van der Waals surface area contributed by atoms with Crippen LogP contribution in [-0.4, -0.2) is 12.6 Å². The summed E-state index contributed by atoms with van der Waals surface area (Å²) in [6.07, 6.45) is 15.4. The number of rotatable bonds is 0. The number of nitrogens with zero attached hydrogens (tertiary/aromatic N) is 2. The van der Waals surface area contributed by atoms with Crippen LogP contribution in [0.5, 0.6) is 0 Å². The van der Waals surface area contributed by atoms with Gasteiger partial charge >= 0.3 is 0 Å². The van der Waals surface area contributed by atoms with E-state index in [1.165, 1.54) is 11.1 Å². The molecule has 0 amide bonds. The summed E-state index contributed by atoms with van der Waals surface area (Å²) in [5.41, 5.74) is 1.53. The Morgan fingerprint density at radius 3 is 2.63 bits per heavy atom. The molecule has 1 atom stereocenters. The van der Waals surface area contributed by atoms with Crippen LogP contribution in [0.1, 0.15) is 11.1 Å². The van der Waals surface area contributed by atoms with Gasteiger partial charge in [0.2, 0.25) is 0 Å². The highest BCUT2D eigenvalue weighted by Crippen LogP contribution is 2.52. The largest absolute Gasteiger partial charge is 0.473 e. The van der Waals surface area contributed by atoms with Gasteiger partial charge in [-0.2, -0.15) is 0 Å². The average Bonchev–Trinajstić information content (AvgIpc) is 2.96. The van der Waals surface area contributed by atoms with E-state index in [0.717, 1.165) is 0 Å². The van der Waals surface area contributed by atoms with Crippen molar-refractivity contribution in [3.8, 4) is 0 Å². The van der Waals surface area contributed by atoms with Crippen LogP contribution >= 0.6 is 0 Å². The molecule has 1 aliphatic carbocycles. The van der Waals surface area contributed by atoms with Crippen molar-refractivity contribution in [2.75, 3.05) is 0 Å². The summed E-state index contributed by atoms with van der Waals surface area (Å²) in [4.78, 5) is 8.94. The molecule has 4 rings (SSSR count). The van der Waals surface area contributed by atoms with Gasteiger partial charge in [0, 0.05) is 6.21 Å². The Labute approximate surface area is 111 Å². The van der Waals surface area contributed by atoms with Crippen LogP contribution in [0.15, 0.2) is 65.0 Å². The number of benzene rings is 1. The van der Waals surface area contributed by atoms with E-state index >= 15 is 0 Å². The summed E-state index contributed by atoms with van der Waals surface area (Å²) in [5.74, 6) is 0. The number of aliphatic imine (C=N–C) groups is 2. The van der Waals surface area contributed by atoms with E-state index < -0.39 is 5.54 Å². The molecule has 0 saturated carbocycles. The molecule has 1 aromatic rings. The monoisotopic (exact) mass is 248 g/mol. The first kappa shape index (κ1) is 10.5. The highest BCUT2D eigenvalue weighted by atomic mass is 16.5. The van der Waals surface area contributed by atoms with Gasteiger partial charge in [-0.05, 0) is 23.3 Å². The summed E-state index contributed by atoms with van der Waals surface area (Å²) in [7, 11) is 0. The molecule has 3 heteroatoms. The molecule has 0 fully saturated rings. The fourth-order valence-corrected chi connectivity index (χ4v) is 3.01. The summed E-state index contributed by atoms with van der Waals surface area (Å²) in [5, 5.41) is 0. The van der Waals surface area contributed by atoms with Crippen molar-refractivity contribution in [3.63, 3.8) is 0 Å². The van der Waals surface area contributed by atoms with Gasteiger partial charge in [0.1, 0.15) is 11.9 Å². The molecule has 92 valence electrons. The second kappa shape index (κ2) is 3.54. The van der Waals surface area contributed by atoms with Crippen LogP contribution in [0.2, 0.25) is 0 Å². The third kappa shape index (κ3) is 1.22. The van der Waals surface area contributed by atoms with E-state index in [4.69, 9.17) is 4.74 Å². The molecule has 0 radical (unpaired) electrons. The molecular weight excluding hydrogens is 236 g/mol. The van der Waals surface area contributed by atoms with Gasteiger partial charge in [-0.15, -0.1) is 0 Å². The predicted octanol–water partition coefficient (Wildman–Crippen LogP) is 3.07. The van der Waals surface area contributed by atoms with Gasteiger partial charge < -0.3 is 4.74 Å². The Morgan fingerprint density at radius 2 is 1.84 bits per heavy atom. The summed E-state index contributed by atoms with van der Waals surface area (Å²) >= 11 is 0. The Bertz CT molecular complexity index is 656. The minimum absolute atomic E-state index is 0.337. The number of ether oxygens (including phenoxy) is 1. The molecule has 3 nitrogen and oxygen atoms in total. The molecule has 0 N–H and O–H groups in total. The summed E-state index contributed by atoms with van der Waals surface area (Å²) in [6, 6.07) is 8.31. The van der Waals surface area contributed by atoms with Crippen molar-refractivity contribution in [3.05, 3.63) is 66.1 Å².